The van der Waals surface area contributed by atoms with Crippen LogP contribution in [0.2, 0.25) is 0 Å². The number of rotatable bonds is 2. The van der Waals surface area contributed by atoms with E-state index in [-0.39, 0.29) is 11.2 Å². The molecule has 2 heteroatoms. The van der Waals surface area contributed by atoms with E-state index in [0.29, 0.717) is 12.2 Å². The van der Waals surface area contributed by atoms with E-state index >= 15 is 0 Å². The summed E-state index contributed by atoms with van der Waals surface area (Å²) in [6.07, 6.45) is 0.434. The lowest BCUT2D eigenvalue weighted by atomic mass is 9.85. The maximum absolute atomic E-state index is 11.0. The Labute approximate surface area is 90.9 Å². The first kappa shape index (κ1) is 11.8. The first-order valence-corrected chi connectivity index (χ1v) is 5.12. The highest BCUT2D eigenvalue weighted by molar-refractivity contribution is 5.78. The van der Waals surface area contributed by atoms with E-state index < -0.39 is 0 Å². The molecule has 0 saturated carbocycles. The predicted octanol–water partition coefficient (Wildman–Crippen LogP) is 2.82. The minimum atomic E-state index is -0.100. The summed E-state index contributed by atoms with van der Waals surface area (Å²) >= 11 is 0. The second-order valence-electron chi connectivity index (χ2n) is 4.98. The van der Waals surface area contributed by atoms with Crippen molar-refractivity contribution in [3.63, 3.8) is 0 Å². The monoisotopic (exact) mass is 206 g/mol. The molecule has 0 aromatic heterocycles. The Kier molecular flexibility index (Phi) is 3.18. The van der Waals surface area contributed by atoms with E-state index in [1.807, 2.05) is 26.8 Å². The van der Waals surface area contributed by atoms with Crippen LogP contribution >= 0.6 is 0 Å². The number of phenolic OH excluding ortho intramolecular Hbond substituents is 1. The van der Waals surface area contributed by atoms with Gasteiger partial charge in [0.15, 0.2) is 0 Å². The number of Topliss-reactive ketones (excluding diaryl/α,β-unsaturated/α-hetero) is 1. The van der Waals surface area contributed by atoms with Gasteiger partial charge in [0.1, 0.15) is 11.5 Å². The molecule has 82 valence electrons. The van der Waals surface area contributed by atoms with Gasteiger partial charge in [-0.2, -0.15) is 0 Å². The Morgan fingerprint density at radius 1 is 1.33 bits per heavy atom. The maximum atomic E-state index is 11.0. The molecule has 2 nitrogen and oxygen atoms in total. The number of phenols is 1. The lowest BCUT2D eigenvalue weighted by molar-refractivity contribution is -0.116. The molecule has 0 spiro atoms. The van der Waals surface area contributed by atoms with Crippen molar-refractivity contribution in [3.05, 3.63) is 29.3 Å². The largest absolute Gasteiger partial charge is 0.508 e. The van der Waals surface area contributed by atoms with Gasteiger partial charge in [0.2, 0.25) is 0 Å². The van der Waals surface area contributed by atoms with Crippen LogP contribution in [0.3, 0.4) is 0 Å². The maximum Gasteiger partial charge on any atom is 0.134 e. The van der Waals surface area contributed by atoms with Crippen molar-refractivity contribution in [1.82, 2.24) is 0 Å². The fraction of sp³-hybridized carbons (Fsp3) is 0.462. The van der Waals surface area contributed by atoms with Gasteiger partial charge in [-0.1, -0.05) is 32.9 Å². The van der Waals surface area contributed by atoms with Crippen LogP contribution in [-0.4, -0.2) is 10.9 Å². The van der Waals surface area contributed by atoms with Gasteiger partial charge in [0.25, 0.3) is 0 Å². The lowest BCUT2D eigenvalue weighted by Gasteiger charge is -2.21. The highest BCUT2D eigenvalue weighted by Crippen LogP contribution is 2.31. The third-order valence-electron chi connectivity index (χ3n) is 2.32. The summed E-state index contributed by atoms with van der Waals surface area (Å²) in [6.45, 7) is 7.70. The SMILES string of the molecule is CC(=O)Cc1ccc(O)c(C(C)(C)C)c1. The van der Waals surface area contributed by atoms with Gasteiger partial charge in [-0.05, 0) is 29.5 Å². The molecule has 0 atom stereocenters. The molecule has 1 aromatic carbocycles. The Morgan fingerprint density at radius 2 is 1.93 bits per heavy atom. The van der Waals surface area contributed by atoms with Crippen molar-refractivity contribution in [2.45, 2.75) is 39.5 Å². The number of hydrogen-bond acceptors (Lipinski definition) is 2. The van der Waals surface area contributed by atoms with Gasteiger partial charge < -0.3 is 5.11 Å². The van der Waals surface area contributed by atoms with E-state index in [2.05, 4.69) is 0 Å². The van der Waals surface area contributed by atoms with E-state index in [1.165, 1.54) is 0 Å². The second-order valence-corrected chi connectivity index (χ2v) is 4.98. The Morgan fingerprint density at radius 3 is 2.40 bits per heavy atom. The third kappa shape index (κ3) is 3.08. The zero-order valence-corrected chi connectivity index (χ0v) is 9.79. The lowest BCUT2D eigenvalue weighted by Crippen LogP contribution is -2.12. The fourth-order valence-electron chi connectivity index (χ4n) is 1.58. The molecule has 0 radical (unpaired) electrons. The summed E-state index contributed by atoms with van der Waals surface area (Å²) in [5.41, 5.74) is 1.75. The van der Waals surface area contributed by atoms with Crippen LogP contribution in [-0.2, 0) is 16.6 Å². The minimum Gasteiger partial charge on any atom is -0.508 e. The van der Waals surface area contributed by atoms with E-state index in [4.69, 9.17) is 0 Å². The van der Waals surface area contributed by atoms with Crippen LogP contribution in [0.1, 0.15) is 38.8 Å². The van der Waals surface area contributed by atoms with Gasteiger partial charge in [-0.3, -0.25) is 4.79 Å². The molecule has 0 fully saturated rings. The highest BCUT2D eigenvalue weighted by Gasteiger charge is 2.18. The Bertz CT molecular complexity index is 373. The van der Waals surface area contributed by atoms with Crippen LogP contribution < -0.4 is 0 Å². The normalized spacial score (nSPS) is 11.5. The smallest absolute Gasteiger partial charge is 0.134 e. The molecular weight excluding hydrogens is 188 g/mol. The summed E-state index contributed by atoms with van der Waals surface area (Å²) in [6, 6.07) is 5.38. The molecule has 0 saturated heterocycles. The average Bonchev–Trinajstić information content (AvgIpc) is 2.05. The quantitative estimate of drug-likeness (QED) is 0.807. The number of carbonyl (C=O) groups excluding carboxylic acids is 1. The average molecular weight is 206 g/mol. The van der Waals surface area contributed by atoms with Crippen molar-refractivity contribution < 1.29 is 9.90 Å². The highest BCUT2D eigenvalue weighted by atomic mass is 16.3. The molecule has 0 amide bonds. The fourth-order valence-corrected chi connectivity index (χ4v) is 1.58. The van der Waals surface area contributed by atoms with Gasteiger partial charge in [0, 0.05) is 6.42 Å². The molecular formula is C13H18O2. The zero-order chi connectivity index (χ0) is 11.6. The van der Waals surface area contributed by atoms with Gasteiger partial charge in [-0.25, -0.2) is 0 Å². The van der Waals surface area contributed by atoms with Crippen LogP contribution in [0.15, 0.2) is 18.2 Å². The number of ketones is 1. The molecule has 0 aliphatic rings. The van der Waals surface area contributed by atoms with Gasteiger partial charge >= 0.3 is 0 Å². The molecule has 0 heterocycles. The summed E-state index contributed by atoms with van der Waals surface area (Å²) in [4.78, 5) is 11.0. The van der Waals surface area contributed by atoms with Crippen LogP contribution in [0.5, 0.6) is 5.75 Å². The third-order valence-corrected chi connectivity index (χ3v) is 2.32. The number of aromatic hydroxyl groups is 1. The molecule has 0 unspecified atom stereocenters. The van der Waals surface area contributed by atoms with Crippen LogP contribution in [0.25, 0.3) is 0 Å². The summed E-state index contributed by atoms with van der Waals surface area (Å²) < 4.78 is 0. The number of benzene rings is 1. The van der Waals surface area contributed by atoms with E-state index in [9.17, 15) is 9.90 Å². The van der Waals surface area contributed by atoms with Crippen molar-refractivity contribution >= 4 is 5.78 Å². The Hall–Kier alpha value is -1.31. The number of carbonyl (C=O) groups is 1. The molecule has 1 N–H and O–H groups in total. The van der Waals surface area contributed by atoms with Crippen molar-refractivity contribution in [2.24, 2.45) is 0 Å². The standard InChI is InChI=1S/C13H18O2/c1-9(14)7-10-5-6-12(15)11(8-10)13(2,3)4/h5-6,8,15H,7H2,1-4H3. The second kappa shape index (κ2) is 4.05. The molecule has 0 aliphatic carbocycles. The Balaban J connectivity index is 3.11. The molecule has 15 heavy (non-hydrogen) atoms. The van der Waals surface area contributed by atoms with Gasteiger partial charge in [-0.15, -0.1) is 0 Å². The van der Waals surface area contributed by atoms with Crippen molar-refractivity contribution in [2.75, 3.05) is 0 Å². The predicted molar refractivity (Wildman–Crippen MR) is 61.2 cm³/mol. The van der Waals surface area contributed by atoms with Crippen molar-refractivity contribution in [3.8, 4) is 5.75 Å². The molecule has 0 bridgehead atoms. The molecule has 1 rings (SSSR count). The van der Waals surface area contributed by atoms with Crippen LogP contribution in [0.4, 0.5) is 0 Å². The van der Waals surface area contributed by atoms with Crippen LogP contribution in [0, 0.1) is 0 Å². The topological polar surface area (TPSA) is 37.3 Å². The van der Waals surface area contributed by atoms with Gasteiger partial charge in [0.05, 0.1) is 0 Å². The summed E-state index contributed by atoms with van der Waals surface area (Å²) in [5.74, 6) is 0.440. The van der Waals surface area contributed by atoms with E-state index in [1.54, 1.807) is 19.1 Å². The summed E-state index contributed by atoms with van der Waals surface area (Å²) in [5, 5.41) is 9.72. The number of hydrogen-bond donors (Lipinski definition) is 1. The molecule has 0 aliphatic heterocycles. The molecule has 1 aromatic rings. The first-order chi connectivity index (χ1) is 6.80. The zero-order valence-electron chi connectivity index (χ0n) is 9.79. The summed E-state index contributed by atoms with van der Waals surface area (Å²) in [7, 11) is 0. The minimum absolute atomic E-state index is 0.100. The van der Waals surface area contributed by atoms with Crippen molar-refractivity contribution in [1.29, 1.82) is 0 Å². The van der Waals surface area contributed by atoms with E-state index in [0.717, 1.165) is 11.1 Å². The first-order valence-electron chi connectivity index (χ1n) is 5.12.